The standard InChI is InChI=1S/C13H12N.Pt/c1-10-3-5-12(6-4-10)13-9-11(2)7-8-14-13;/h3-5,7-9H,1-2H3;/q-1;. The maximum atomic E-state index is 4.31. The number of hydrogen-bond acceptors (Lipinski definition) is 1. The Bertz CT molecular complexity index is 435. The molecule has 0 spiro atoms. The molecule has 0 aliphatic rings. The number of aryl methyl sites for hydroxylation is 2. The fourth-order valence-electron chi connectivity index (χ4n) is 1.35. The van der Waals surface area contributed by atoms with E-state index in [1.165, 1.54) is 11.1 Å². The number of hydrogen-bond donors (Lipinski definition) is 0. The Morgan fingerprint density at radius 1 is 1.07 bits per heavy atom. The Kier molecular flexibility index (Phi) is 4.23. The van der Waals surface area contributed by atoms with E-state index in [4.69, 9.17) is 0 Å². The molecule has 0 bridgehead atoms. The van der Waals surface area contributed by atoms with Gasteiger partial charge in [0.15, 0.2) is 0 Å². The zero-order chi connectivity index (χ0) is 9.97. The van der Waals surface area contributed by atoms with Crippen LogP contribution >= 0.6 is 0 Å². The van der Waals surface area contributed by atoms with Crippen LogP contribution in [0.25, 0.3) is 11.3 Å². The molecule has 0 aliphatic heterocycles. The van der Waals surface area contributed by atoms with Gasteiger partial charge < -0.3 is 4.98 Å². The summed E-state index contributed by atoms with van der Waals surface area (Å²) in [6.07, 6.45) is 1.83. The Balaban J connectivity index is 0.00000112. The molecule has 0 saturated carbocycles. The van der Waals surface area contributed by atoms with Crippen molar-refractivity contribution < 1.29 is 21.1 Å². The first kappa shape index (κ1) is 12.1. The minimum absolute atomic E-state index is 0. The molecule has 0 amide bonds. The van der Waals surface area contributed by atoms with E-state index in [0.717, 1.165) is 11.3 Å². The van der Waals surface area contributed by atoms with Crippen LogP contribution < -0.4 is 0 Å². The second-order valence-electron chi connectivity index (χ2n) is 3.50. The van der Waals surface area contributed by atoms with E-state index in [-0.39, 0.29) is 21.1 Å². The largest absolute Gasteiger partial charge is 0.305 e. The predicted octanol–water partition coefficient (Wildman–Crippen LogP) is 3.16. The van der Waals surface area contributed by atoms with Crippen molar-refractivity contribution in [1.82, 2.24) is 4.98 Å². The fourth-order valence-corrected chi connectivity index (χ4v) is 1.35. The van der Waals surface area contributed by atoms with Crippen molar-refractivity contribution in [3.05, 3.63) is 53.7 Å². The number of nitrogens with zero attached hydrogens (tertiary/aromatic N) is 1. The van der Waals surface area contributed by atoms with Crippen molar-refractivity contribution in [2.45, 2.75) is 13.8 Å². The third kappa shape index (κ3) is 3.00. The average Bonchev–Trinajstić information content (AvgIpc) is 2.19. The first-order chi connectivity index (χ1) is 6.75. The van der Waals surface area contributed by atoms with Gasteiger partial charge in [0.2, 0.25) is 0 Å². The van der Waals surface area contributed by atoms with Crippen LogP contribution in [0.2, 0.25) is 0 Å². The van der Waals surface area contributed by atoms with E-state index < -0.39 is 0 Å². The molecular formula is C13H12NPt-. The Labute approximate surface area is 105 Å². The van der Waals surface area contributed by atoms with E-state index >= 15 is 0 Å². The summed E-state index contributed by atoms with van der Waals surface area (Å²) in [4.78, 5) is 4.31. The van der Waals surface area contributed by atoms with Gasteiger partial charge >= 0.3 is 0 Å². The quantitative estimate of drug-likeness (QED) is 0.696. The molecule has 0 fully saturated rings. The van der Waals surface area contributed by atoms with Gasteiger partial charge in [0.1, 0.15) is 0 Å². The number of benzene rings is 1. The zero-order valence-electron chi connectivity index (χ0n) is 8.73. The average molecular weight is 377 g/mol. The fraction of sp³-hybridized carbons (Fsp3) is 0.154. The Morgan fingerprint density at radius 2 is 1.87 bits per heavy atom. The number of aromatic nitrogens is 1. The normalized spacial score (nSPS) is 9.47. The van der Waals surface area contributed by atoms with Gasteiger partial charge in [-0.1, -0.05) is 18.6 Å². The summed E-state index contributed by atoms with van der Waals surface area (Å²) in [5.41, 5.74) is 4.50. The summed E-state index contributed by atoms with van der Waals surface area (Å²) in [5.74, 6) is 0. The molecule has 0 unspecified atom stereocenters. The van der Waals surface area contributed by atoms with Gasteiger partial charge in [0, 0.05) is 27.3 Å². The molecule has 15 heavy (non-hydrogen) atoms. The van der Waals surface area contributed by atoms with E-state index in [2.05, 4.69) is 43.1 Å². The predicted molar refractivity (Wildman–Crippen MR) is 58.0 cm³/mol. The van der Waals surface area contributed by atoms with Gasteiger partial charge in [0.05, 0.1) is 0 Å². The van der Waals surface area contributed by atoms with Gasteiger partial charge in [-0.2, -0.15) is 0 Å². The molecule has 1 aromatic carbocycles. The number of pyridine rings is 1. The summed E-state index contributed by atoms with van der Waals surface area (Å²) in [5, 5.41) is 0. The molecule has 0 atom stereocenters. The first-order valence-corrected chi connectivity index (χ1v) is 4.67. The molecule has 1 nitrogen and oxygen atoms in total. The monoisotopic (exact) mass is 377 g/mol. The van der Waals surface area contributed by atoms with Crippen LogP contribution in [0.3, 0.4) is 0 Å². The summed E-state index contributed by atoms with van der Waals surface area (Å²) in [6.45, 7) is 4.13. The molecule has 1 aromatic heterocycles. The van der Waals surface area contributed by atoms with E-state index in [0.29, 0.717) is 0 Å². The molecule has 0 N–H and O–H groups in total. The van der Waals surface area contributed by atoms with Crippen LogP contribution in [-0.4, -0.2) is 4.98 Å². The third-order valence-corrected chi connectivity index (χ3v) is 2.16. The van der Waals surface area contributed by atoms with Crippen molar-refractivity contribution in [3.63, 3.8) is 0 Å². The van der Waals surface area contributed by atoms with Gasteiger partial charge in [0.25, 0.3) is 0 Å². The van der Waals surface area contributed by atoms with Gasteiger partial charge in [-0.3, -0.25) is 0 Å². The van der Waals surface area contributed by atoms with Crippen molar-refractivity contribution in [1.29, 1.82) is 0 Å². The molecule has 2 aromatic rings. The smallest absolute Gasteiger partial charge is 0.0163 e. The molecule has 80 valence electrons. The van der Waals surface area contributed by atoms with Crippen LogP contribution in [0.1, 0.15) is 11.1 Å². The molecular weight excluding hydrogens is 365 g/mol. The molecule has 0 aliphatic carbocycles. The van der Waals surface area contributed by atoms with E-state index in [9.17, 15) is 0 Å². The summed E-state index contributed by atoms with van der Waals surface area (Å²) < 4.78 is 0. The van der Waals surface area contributed by atoms with Crippen LogP contribution in [0.15, 0.2) is 36.5 Å². The third-order valence-electron chi connectivity index (χ3n) is 2.16. The second kappa shape index (κ2) is 5.23. The van der Waals surface area contributed by atoms with Crippen molar-refractivity contribution in [3.8, 4) is 11.3 Å². The second-order valence-corrected chi connectivity index (χ2v) is 3.50. The maximum absolute atomic E-state index is 4.31. The summed E-state index contributed by atoms with van der Waals surface area (Å²) in [7, 11) is 0. The summed E-state index contributed by atoms with van der Waals surface area (Å²) in [6, 6.07) is 13.4. The minimum atomic E-state index is 0. The topological polar surface area (TPSA) is 12.9 Å². The van der Waals surface area contributed by atoms with Crippen molar-refractivity contribution in [2.75, 3.05) is 0 Å². The number of rotatable bonds is 1. The SMILES string of the molecule is Cc1c[c-]c(-c2cc(C)ccn2)cc1.[Pt]. The van der Waals surface area contributed by atoms with Gasteiger partial charge in [-0.15, -0.1) is 35.4 Å². The minimum Gasteiger partial charge on any atom is -0.305 e. The van der Waals surface area contributed by atoms with Gasteiger partial charge in [-0.05, 0) is 18.7 Å². The molecule has 0 radical (unpaired) electrons. The molecule has 1 heterocycles. The van der Waals surface area contributed by atoms with Crippen molar-refractivity contribution in [2.24, 2.45) is 0 Å². The Morgan fingerprint density at radius 3 is 2.47 bits per heavy atom. The molecule has 2 heteroatoms. The van der Waals surface area contributed by atoms with E-state index in [1.54, 1.807) is 0 Å². The van der Waals surface area contributed by atoms with Crippen LogP contribution in [0, 0.1) is 19.9 Å². The summed E-state index contributed by atoms with van der Waals surface area (Å²) >= 11 is 0. The van der Waals surface area contributed by atoms with Crippen LogP contribution in [0.5, 0.6) is 0 Å². The maximum Gasteiger partial charge on any atom is 0.0163 e. The van der Waals surface area contributed by atoms with Crippen LogP contribution in [0.4, 0.5) is 0 Å². The van der Waals surface area contributed by atoms with Crippen molar-refractivity contribution >= 4 is 0 Å². The van der Waals surface area contributed by atoms with Crippen LogP contribution in [-0.2, 0) is 21.1 Å². The first-order valence-electron chi connectivity index (χ1n) is 4.67. The van der Waals surface area contributed by atoms with Gasteiger partial charge in [-0.25, -0.2) is 0 Å². The van der Waals surface area contributed by atoms with E-state index in [1.807, 2.05) is 18.3 Å². The Hall–Kier alpha value is -0.942. The zero-order valence-corrected chi connectivity index (χ0v) is 11.0. The molecule has 2 rings (SSSR count). The molecule has 0 saturated heterocycles.